The van der Waals surface area contributed by atoms with Gasteiger partial charge in [-0.3, -0.25) is 4.57 Å². The number of nitrogens with one attached hydrogen (secondary N) is 1. The van der Waals surface area contributed by atoms with Crippen molar-refractivity contribution in [1.29, 1.82) is 0 Å². The third-order valence-electron chi connectivity index (χ3n) is 6.04. The Labute approximate surface area is 176 Å². The van der Waals surface area contributed by atoms with Gasteiger partial charge in [-0.2, -0.15) is 0 Å². The summed E-state index contributed by atoms with van der Waals surface area (Å²) in [5.74, 6) is 2.00. The molecule has 0 radical (unpaired) electrons. The van der Waals surface area contributed by atoms with Crippen LogP contribution in [0.4, 0.5) is 0 Å². The number of para-hydroxylation sites is 1. The molecule has 2 fully saturated rings. The van der Waals surface area contributed by atoms with Crippen molar-refractivity contribution in [1.82, 2.24) is 24.6 Å². The highest BCUT2D eigenvalue weighted by Crippen LogP contribution is 2.31. The molecule has 1 N–H and O–H groups in total. The predicted octanol–water partition coefficient (Wildman–Crippen LogP) is 4.18. The lowest BCUT2D eigenvalue weighted by Gasteiger charge is -2.26. The SMILES string of the molecule is c1ccc2c(-c3nnc(SCCN4CCCCC4)n3CC3CCCO3)c[nH]c2c1. The van der Waals surface area contributed by atoms with Crippen molar-refractivity contribution >= 4 is 22.7 Å². The van der Waals surface area contributed by atoms with Gasteiger partial charge in [0.25, 0.3) is 0 Å². The van der Waals surface area contributed by atoms with Gasteiger partial charge in [0, 0.05) is 41.6 Å². The van der Waals surface area contributed by atoms with E-state index in [-0.39, 0.29) is 6.10 Å². The second-order valence-corrected chi connectivity index (χ2v) is 9.11. The fraction of sp³-hybridized carbons (Fsp3) is 0.545. The maximum atomic E-state index is 5.94. The maximum Gasteiger partial charge on any atom is 0.191 e. The summed E-state index contributed by atoms with van der Waals surface area (Å²) in [6, 6.07) is 8.39. The van der Waals surface area contributed by atoms with E-state index in [4.69, 9.17) is 4.74 Å². The fourth-order valence-electron chi connectivity index (χ4n) is 4.46. The molecule has 2 aromatic heterocycles. The summed E-state index contributed by atoms with van der Waals surface area (Å²) >= 11 is 1.83. The third-order valence-corrected chi connectivity index (χ3v) is 6.99. The topological polar surface area (TPSA) is 59.0 Å². The molecule has 0 aliphatic carbocycles. The minimum Gasteiger partial charge on any atom is -0.376 e. The molecule has 4 heterocycles. The van der Waals surface area contributed by atoms with Gasteiger partial charge in [0.2, 0.25) is 0 Å². The van der Waals surface area contributed by atoms with Crippen LogP contribution >= 0.6 is 11.8 Å². The molecule has 7 heteroatoms. The van der Waals surface area contributed by atoms with E-state index in [0.29, 0.717) is 0 Å². The number of benzene rings is 1. The quantitative estimate of drug-likeness (QED) is 0.591. The number of ether oxygens (including phenoxy) is 1. The van der Waals surface area contributed by atoms with Crippen molar-refractivity contribution in [2.45, 2.75) is 49.9 Å². The van der Waals surface area contributed by atoms with Crippen LogP contribution in [-0.2, 0) is 11.3 Å². The molecule has 3 aromatic rings. The number of nitrogens with zero attached hydrogens (tertiary/aromatic N) is 4. The van der Waals surface area contributed by atoms with Gasteiger partial charge in [0.1, 0.15) is 0 Å². The highest BCUT2D eigenvalue weighted by atomic mass is 32.2. The van der Waals surface area contributed by atoms with E-state index in [1.54, 1.807) is 0 Å². The fourth-order valence-corrected chi connectivity index (χ4v) is 5.40. The molecular weight excluding hydrogens is 382 g/mol. The molecule has 6 nitrogen and oxygen atoms in total. The molecule has 0 saturated carbocycles. The Kier molecular flexibility index (Phi) is 5.88. The molecule has 1 unspecified atom stereocenters. The van der Waals surface area contributed by atoms with Crippen LogP contribution in [-0.4, -0.2) is 62.7 Å². The van der Waals surface area contributed by atoms with Crippen molar-refractivity contribution in [2.24, 2.45) is 0 Å². The molecule has 0 bridgehead atoms. The number of likely N-dealkylation sites (tertiary alicyclic amines) is 1. The van der Waals surface area contributed by atoms with Gasteiger partial charge in [-0.25, -0.2) is 0 Å². The van der Waals surface area contributed by atoms with E-state index in [1.165, 1.54) is 37.7 Å². The standard InChI is InChI=1S/C22H29N5OS/c1-4-10-26(11-5-1)12-14-29-22-25-24-21(27(22)16-17-7-6-13-28-17)19-15-23-20-9-3-2-8-18(19)20/h2-3,8-9,15,17,23H,1,4-7,10-14,16H2. The zero-order valence-corrected chi connectivity index (χ0v) is 17.7. The number of H-pyrrole nitrogens is 1. The second kappa shape index (κ2) is 8.90. The van der Waals surface area contributed by atoms with Crippen LogP contribution in [0.2, 0.25) is 0 Å². The van der Waals surface area contributed by atoms with E-state index in [0.717, 1.165) is 60.4 Å². The van der Waals surface area contributed by atoms with Crippen LogP contribution in [0.1, 0.15) is 32.1 Å². The lowest BCUT2D eigenvalue weighted by atomic mass is 10.1. The van der Waals surface area contributed by atoms with Crippen molar-refractivity contribution < 1.29 is 4.74 Å². The van der Waals surface area contributed by atoms with Crippen molar-refractivity contribution in [3.8, 4) is 11.4 Å². The summed E-state index contributed by atoms with van der Waals surface area (Å²) in [6.45, 7) is 5.30. The largest absolute Gasteiger partial charge is 0.376 e. The number of aromatic nitrogens is 4. The second-order valence-electron chi connectivity index (χ2n) is 8.05. The third kappa shape index (κ3) is 4.22. The lowest BCUT2D eigenvalue weighted by molar-refractivity contribution is 0.0953. The zero-order chi connectivity index (χ0) is 19.5. The normalized spacial score (nSPS) is 20.6. The first-order valence-electron chi connectivity index (χ1n) is 10.8. The monoisotopic (exact) mass is 411 g/mol. The maximum absolute atomic E-state index is 5.94. The predicted molar refractivity (Wildman–Crippen MR) is 117 cm³/mol. The summed E-state index contributed by atoms with van der Waals surface area (Å²) in [6.07, 6.45) is 8.64. The van der Waals surface area contributed by atoms with Gasteiger partial charge in [-0.1, -0.05) is 36.4 Å². The van der Waals surface area contributed by atoms with Crippen LogP contribution in [0.5, 0.6) is 0 Å². The smallest absolute Gasteiger partial charge is 0.191 e. The number of fused-ring (bicyclic) bond motifs is 1. The molecular formula is C22H29N5OS. The molecule has 0 amide bonds. The van der Waals surface area contributed by atoms with Gasteiger partial charge < -0.3 is 14.6 Å². The summed E-state index contributed by atoms with van der Waals surface area (Å²) in [5.41, 5.74) is 2.25. The molecule has 0 spiro atoms. The summed E-state index contributed by atoms with van der Waals surface area (Å²) in [5, 5.41) is 11.4. The van der Waals surface area contributed by atoms with Crippen molar-refractivity contribution in [2.75, 3.05) is 32.0 Å². The molecule has 5 rings (SSSR count). The Morgan fingerprint density at radius 3 is 2.86 bits per heavy atom. The number of aromatic amines is 1. The van der Waals surface area contributed by atoms with Crippen molar-refractivity contribution in [3.63, 3.8) is 0 Å². The van der Waals surface area contributed by atoms with Crippen LogP contribution < -0.4 is 0 Å². The Morgan fingerprint density at radius 2 is 2.00 bits per heavy atom. The van der Waals surface area contributed by atoms with Gasteiger partial charge in [0.15, 0.2) is 11.0 Å². The average Bonchev–Trinajstić information content (AvgIpc) is 3.50. The van der Waals surface area contributed by atoms with Gasteiger partial charge in [-0.05, 0) is 44.8 Å². The lowest BCUT2D eigenvalue weighted by Crippen LogP contribution is -2.31. The Balaban J connectivity index is 1.38. The zero-order valence-electron chi connectivity index (χ0n) is 16.8. The van der Waals surface area contributed by atoms with E-state index >= 15 is 0 Å². The highest BCUT2D eigenvalue weighted by molar-refractivity contribution is 7.99. The first-order chi connectivity index (χ1) is 14.4. The molecule has 2 aliphatic rings. The van der Waals surface area contributed by atoms with Crippen LogP contribution in [0.15, 0.2) is 35.6 Å². The van der Waals surface area contributed by atoms with Gasteiger partial charge in [-0.15, -0.1) is 10.2 Å². The molecule has 2 saturated heterocycles. The number of thioether (sulfide) groups is 1. The summed E-state index contributed by atoms with van der Waals surface area (Å²) in [4.78, 5) is 5.96. The molecule has 1 aromatic carbocycles. The summed E-state index contributed by atoms with van der Waals surface area (Å²) in [7, 11) is 0. The van der Waals surface area contributed by atoms with Crippen LogP contribution in [0.3, 0.4) is 0 Å². The molecule has 154 valence electrons. The van der Waals surface area contributed by atoms with E-state index in [9.17, 15) is 0 Å². The summed E-state index contributed by atoms with van der Waals surface area (Å²) < 4.78 is 8.22. The minimum atomic E-state index is 0.261. The van der Waals surface area contributed by atoms with Crippen LogP contribution in [0.25, 0.3) is 22.3 Å². The molecule has 29 heavy (non-hydrogen) atoms. The number of rotatable bonds is 7. The van der Waals surface area contributed by atoms with Crippen molar-refractivity contribution in [3.05, 3.63) is 30.5 Å². The van der Waals surface area contributed by atoms with E-state index < -0.39 is 0 Å². The number of hydrogen-bond donors (Lipinski definition) is 1. The molecule has 1 atom stereocenters. The number of piperidine rings is 1. The van der Waals surface area contributed by atoms with E-state index in [1.807, 2.05) is 11.8 Å². The van der Waals surface area contributed by atoms with Gasteiger partial charge in [0.05, 0.1) is 12.6 Å². The van der Waals surface area contributed by atoms with E-state index in [2.05, 4.69) is 55.1 Å². The Morgan fingerprint density at radius 1 is 1.10 bits per heavy atom. The Bertz CT molecular complexity index is 940. The number of hydrogen-bond acceptors (Lipinski definition) is 5. The van der Waals surface area contributed by atoms with Gasteiger partial charge >= 0.3 is 0 Å². The first kappa shape index (κ1) is 19.2. The van der Waals surface area contributed by atoms with Crippen LogP contribution in [0, 0.1) is 0 Å². The minimum absolute atomic E-state index is 0.261. The average molecular weight is 412 g/mol. The molecule has 2 aliphatic heterocycles. The highest BCUT2D eigenvalue weighted by Gasteiger charge is 2.23. The first-order valence-corrected chi connectivity index (χ1v) is 11.8. The Hall–Kier alpha value is -1.83.